The van der Waals surface area contributed by atoms with Crippen molar-refractivity contribution >= 4 is 0 Å². The quantitative estimate of drug-likeness (QED) is 0.785. The topological polar surface area (TPSA) is 35.1 Å². The van der Waals surface area contributed by atoms with Gasteiger partial charge < -0.3 is 14.8 Å². The van der Waals surface area contributed by atoms with E-state index < -0.39 is 0 Å². The van der Waals surface area contributed by atoms with E-state index >= 15 is 0 Å². The van der Waals surface area contributed by atoms with Crippen molar-refractivity contribution in [2.45, 2.75) is 51.3 Å². The van der Waals surface area contributed by atoms with Gasteiger partial charge in [-0.15, -0.1) is 0 Å². The number of benzene rings is 2. The highest BCUT2D eigenvalue weighted by Crippen LogP contribution is 2.52. The second-order valence-electron chi connectivity index (χ2n) is 9.21. The molecule has 0 radical (unpaired) electrons. The molecule has 3 nitrogen and oxygen atoms in total. The van der Waals surface area contributed by atoms with Gasteiger partial charge in [-0.2, -0.15) is 0 Å². The molecule has 4 aliphatic carbocycles. The third-order valence-corrected chi connectivity index (χ3v) is 7.39. The van der Waals surface area contributed by atoms with Gasteiger partial charge in [0.2, 0.25) is 0 Å². The zero-order valence-electron chi connectivity index (χ0n) is 16.8. The monoisotopic (exact) mass is 378 g/mol. The number of methoxy groups -OCH3 is 1. The molecule has 0 aliphatic heterocycles. The molecule has 4 bridgehead atoms. The van der Waals surface area contributed by atoms with Gasteiger partial charge in [0.25, 0.3) is 0 Å². The first-order chi connectivity index (χ1) is 13.8. The van der Waals surface area contributed by atoms with Gasteiger partial charge in [-0.05, 0) is 67.7 Å². The van der Waals surface area contributed by atoms with E-state index in [-0.39, 0.29) is 0 Å². The Kier molecular flexibility index (Phi) is 5.02. The van der Waals surface area contributed by atoms with Crippen molar-refractivity contribution in [2.24, 2.45) is 23.7 Å². The predicted molar refractivity (Wildman–Crippen MR) is 110 cm³/mol. The summed E-state index contributed by atoms with van der Waals surface area (Å²) in [6.07, 6.45) is 7.49. The Morgan fingerprint density at radius 1 is 0.821 bits per heavy atom. The van der Waals surface area contributed by atoms with Crippen LogP contribution in [0.25, 0.3) is 0 Å². The van der Waals surface area contributed by atoms with Crippen molar-refractivity contribution in [1.29, 1.82) is 0 Å². The molecule has 4 aliphatic rings. The van der Waals surface area contributed by atoms with Crippen LogP contribution in [0.15, 0.2) is 48.5 Å². The second kappa shape index (κ2) is 7.79. The summed E-state index contributed by atoms with van der Waals surface area (Å²) in [5.74, 6) is 5.69. The molecule has 0 saturated heterocycles. The van der Waals surface area contributed by atoms with Crippen LogP contribution in [-0.4, -0.2) is 13.2 Å². The lowest BCUT2D eigenvalue weighted by atomic mass is 9.54. The maximum absolute atomic E-state index is 6.01. The minimum absolute atomic E-state index is 0.566. The van der Waals surface area contributed by atoms with Crippen molar-refractivity contribution < 1.29 is 14.8 Å². The third-order valence-electron chi connectivity index (χ3n) is 7.39. The average Bonchev–Trinajstić information content (AvgIpc) is 2.72. The van der Waals surface area contributed by atoms with Gasteiger partial charge in [0, 0.05) is 17.4 Å². The summed E-state index contributed by atoms with van der Waals surface area (Å²) in [5.41, 5.74) is 2.50. The van der Waals surface area contributed by atoms with Crippen LogP contribution in [0.4, 0.5) is 0 Å². The Balaban J connectivity index is 1.21. The van der Waals surface area contributed by atoms with Crippen LogP contribution in [0, 0.1) is 23.7 Å². The first kappa shape index (κ1) is 18.1. The van der Waals surface area contributed by atoms with Crippen LogP contribution >= 0.6 is 0 Å². The van der Waals surface area contributed by atoms with Crippen LogP contribution in [-0.2, 0) is 13.2 Å². The molecule has 0 aromatic heterocycles. The van der Waals surface area contributed by atoms with Gasteiger partial charge in [-0.3, -0.25) is 0 Å². The standard InChI is InChI=1S/C25H31NO2/c1-27-24-14-18(7-8-23(24)28-16-17-5-3-2-4-6-17)15-26-25-21-10-19-9-20(12-21)13-22(25)11-19/h2-8,14,19-22,25-26H,9-13,15-16H2,1H3/p+1. The Bertz CT molecular complexity index is 775. The summed E-state index contributed by atoms with van der Waals surface area (Å²) < 4.78 is 11.6. The summed E-state index contributed by atoms with van der Waals surface area (Å²) in [6, 6.07) is 17.6. The molecule has 4 fully saturated rings. The third kappa shape index (κ3) is 3.65. The molecule has 2 N–H and O–H groups in total. The number of hydrogen-bond acceptors (Lipinski definition) is 2. The van der Waals surface area contributed by atoms with E-state index in [2.05, 4.69) is 35.6 Å². The van der Waals surface area contributed by atoms with Gasteiger partial charge in [-0.25, -0.2) is 0 Å². The van der Waals surface area contributed by atoms with Crippen molar-refractivity contribution in [2.75, 3.05) is 7.11 Å². The molecule has 148 valence electrons. The molecular weight excluding hydrogens is 346 g/mol. The molecule has 0 amide bonds. The highest BCUT2D eigenvalue weighted by molar-refractivity contribution is 5.42. The zero-order chi connectivity index (χ0) is 18.9. The molecule has 3 heteroatoms. The van der Waals surface area contributed by atoms with E-state index in [1.165, 1.54) is 43.2 Å². The number of ether oxygens (including phenoxy) is 2. The van der Waals surface area contributed by atoms with Gasteiger partial charge in [0.15, 0.2) is 11.5 Å². The maximum Gasteiger partial charge on any atom is 0.161 e. The van der Waals surface area contributed by atoms with E-state index in [0.717, 1.165) is 47.8 Å². The fourth-order valence-electron chi connectivity index (χ4n) is 6.32. The number of hydrogen-bond donors (Lipinski definition) is 1. The van der Waals surface area contributed by atoms with Crippen LogP contribution < -0.4 is 14.8 Å². The first-order valence-corrected chi connectivity index (χ1v) is 11.0. The molecule has 2 aromatic rings. The summed E-state index contributed by atoms with van der Waals surface area (Å²) >= 11 is 0. The van der Waals surface area contributed by atoms with Crippen molar-refractivity contribution in [3.63, 3.8) is 0 Å². The largest absolute Gasteiger partial charge is 0.493 e. The lowest BCUT2D eigenvalue weighted by Crippen LogP contribution is -2.93. The maximum atomic E-state index is 6.01. The summed E-state index contributed by atoms with van der Waals surface area (Å²) in [4.78, 5) is 0. The van der Waals surface area contributed by atoms with Gasteiger partial charge in [0.05, 0.1) is 13.2 Å². The smallest absolute Gasteiger partial charge is 0.161 e. The molecule has 0 spiro atoms. The fraction of sp³-hybridized carbons (Fsp3) is 0.520. The van der Waals surface area contributed by atoms with Crippen LogP contribution in [0.3, 0.4) is 0 Å². The number of rotatable bonds is 7. The Morgan fingerprint density at radius 3 is 2.21 bits per heavy atom. The highest BCUT2D eigenvalue weighted by Gasteiger charge is 2.50. The highest BCUT2D eigenvalue weighted by atomic mass is 16.5. The lowest BCUT2D eigenvalue weighted by Gasteiger charge is -2.52. The SMILES string of the molecule is COc1cc(C[NH2+]C2C3CC4CC(C3)CC2C4)ccc1OCc1ccccc1. The van der Waals surface area contributed by atoms with Crippen molar-refractivity contribution in [1.82, 2.24) is 0 Å². The van der Waals surface area contributed by atoms with E-state index in [1.54, 1.807) is 7.11 Å². The Hall–Kier alpha value is -2.00. The molecule has 28 heavy (non-hydrogen) atoms. The van der Waals surface area contributed by atoms with E-state index in [9.17, 15) is 0 Å². The zero-order valence-corrected chi connectivity index (χ0v) is 16.8. The van der Waals surface area contributed by atoms with Gasteiger partial charge in [-0.1, -0.05) is 30.3 Å². The van der Waals surface area contributed by atoms with Crippen molar-refractivity contribution in [3.05, 3.63) is 59.7 Å². The number of quaternary nitrogens is 1. The lowest BCUT2D eigenvalue weighted by molar-refractivity contribution is -0.723. The van der Waals surface area contributed by atoms with Gasteiger partial charge >= 0.3 is 0 Å². The van der Waals surface area contributed by atoms with Crippen LogP contribution in [0.2, 0.25) is 0 Å². The molecule has 0 atom stereocenters. The molecule has 0 heterocycles. The molecule has 6 rings (SSSR count). The number of nitrogens with two attached hydrogens (primary N) is 1. The normalized spacial score (nSPS) is 30.4. The van der Waals surface area contributed by atoms with Crippen molar-refractivity contribution in [3.8, 4) is 11.5 Å². The molecule has 4 saturated carbocycles. The second-order valence-corrected chi connectivity index (χ2v) is 9.21. The van der Waals surface area contributed by atoms with E-state index in [1.807, 2.05) is 18.2 Å². The first-order valence-electron chi connectivity index (χ1n) is 11.0. The van der Waals surface area contributed by atoms with E-state index in [0.29, 0.717) is 6.61 Å². The summed E-state index contributed by atoms with van der Waals surface area (Å²) in [6.45, 7) is 1.61. The van der Waals surface area contributed by atoms with Crippen LogP contribution in [0.1, 0.15) is 43.2 Å². The minimum atomic E-state index is 0.566. The fourth-order valence-corrected chi connectivity index (χ4v) is 6.32. The summed E-state index contributed by atoms with van der Waals surface area (Å²) in [7, 11) is 1.73. The predicted octanol–water partition coefficient (Wildman–Crippen LogP) is 4.16. The van der Waals surface area contributed by atoms with E-state index in [4.69, 9.17) is 9.47 Å². The summed E-state index contributed by atoms with van der Waals surface area (Å²) in [5, 5.41) is 2.63. The molecule has 2 aromatic carbocycles. The minimum Gasteiger partial charge on any atom is -0.493 e. The Labute approximate surface area is 168 Å². The van der Waals surface area contributed by atoms with Gasteiger partial charge in [0.1, 0.15) is 13.2 Å². The average molecular weight is 379 g/mol. The molecular formula is C25H32NO2+. The van der Waals surface area contributed by atoms with Crippen LogP contribution in [0.5, 0.6) is 11.5 Å². The molecule has 0 unspecified atom stereocenters. The Morgan fingerprint density at radius 2 is 1.54 bits per heavy atom.